The lowest BCUT2D eigenvalue weighted by Gasteiger charge is -2.30. The van der Waals surface area contributed by atoms with Crippen LogP contribution in [0.2, 0.25) is 0 Å². The predicted octanol–water partition coefficient (Wildman–Crippen LogP) is 5.13. The molecule has 1 heterocycles. The van der Waals surface area contributed by atoms with Gasteiger partial charge in [0.2, 0.25) is 5.91 Å². The molecule has 0 radical (unpaired) electrons. The van der Waals surface area contributed by atoms with Crippen LogP contribution in [0.5, 0.6) is 0 Å². The zero-order valence-corrected chi connectivity index (χ0v) is 16.8. The lowest BCUT2D eigenvalue weighted by molar-refractivity contribution is -0.153. The van der Waals surface area contributed by atoms with Crippen molar-refractivity contribution in [1.29, 1.82) is 0 Å². The summed E-state index contributed by atoms with van der Waals surface area (Å²) < 4.78 is 57.6. The van der Waals surface area contributed by atoms with Crippen LogP contribution in [0, 0.1) is 5.82 Å². The number of fused-ring (bicyclic) bond motifs is 1. The summed E-state index contributed by atoms with van der Waals surface area (Å²) in [5.41, 5.74) is 0.0873. The van der Waals surface area contributed by atoms with Gasteiger partial charge in [0.25, 0.3) is 0 Å². The Bertz CT molecular complexity index is 993. The van der Waals surface area contributed by atoms with Crippen LogP contribution in [0.25, 0.3) is 11.1 Å². The quantitative estimate of drug-likeness (QED) is 0.508. The number of carbonyl (C=O) groups excluding carboxylic acids is 2. The second kappa shape index (κ2) is 7.74. The highest BCUT2D eigenvalue weighted by Crippen LogP contribution is 2.36. The number of ether oxygens (including phenoxy) is 1. The summed E-state index contributed by atoms with van der Waals surface area (Å²) in [6.07, 6.45) is -4.17. The Labute approximate surface area is 171 Å². The van der Waals surface area contributed by atoms with E-state index in [0.717, 1.165) is 11.6 Å². The molecule has 0 spiro atoms. The maximum absolute atomic E-state index is 13.9. The van der Waals surface area contributed by atoms with Crippen LogP contribution < -0.4 is 4.90 Å². The molecular weight excluding hydrogens is 402 g/mol. The van der Waals surface area contributed by atoms with E-state index in [1.165, 1.54) is 11.0 Å². The number of hydrogen-bond acceptors (Lipinski definition) is 3. The van der Waals surface area contributed by atoms with E-state index in [1.807, 2.05) is 0 Å². The molecule has 3 rings (SSSR count). The fourth-order valence-electron chi connectivity index (χ4n) is 3.34. The van der Waals surface area contributed by atoms with Gasteiger partial charge < -0.3 is 9.64 Å². The normalized spacial score (nSPS) is 14.5. The van der Waals surface area contributed by atoms with Gasteiger partial charge in [-0.15, -0.1) is 0 Å². The van der Waals surface area contributed by atoms with Gasteiger partial charge in [-0.2, -0.15) is 13.2 Å². The van der Waals surface area contributed by atoms with E-state index in [1.54, 1.807) is 39.0 Å². The summed E-state index contributed by atoms with van der Waals surface area (Å²) in [5.74, 6) is -2.11. The van der Waals surface area contributed by atoms with Crippen LogP contribution in [0.3, 0.4) is 0 Å². The van der Waals surface area contributed by atoms with Crippen molar-refractivity contribution in [3.05, 3.63) is 53.3 Å². The van der Waals surface area contributed by atoms with E-state index in [9.17, 15) is 27.2 Å². The van der Waals surface area contributed by atoms with Gasteiger partial charge in [-0.05, 0) is 68.1 Å². The number of esters is 1. The first-order valence-corrected chi connectivity index (χ1v) is 9.37. The molecule has 0 unspecified atom stereocenters. The predicted molar refractivity (Wildman–Crippen MR) is 103 cm³/mol. The Morgan fingerprint density at radius 3 is 2.27 bits per heavy atom. The molecule has 0 saturated carbocycles. The maximum atomic E-state index is 13.9. The highest BCUT2D eigenvalue weighted by molar-refractivity contribution is 6.00. The molecule has 0 atom stereocenters. The highest BCUT2D eigenvalue weighted by atomic mass is 19.4. The average molecular weight is 423 g/mol. The van der Waals surface area contributed by atoms with Crippen LogP contribution in [-0.4, -0.2) is 24.0 Å². The Morgan fingerprint density at radius 1 is 1.03 bits per heavy atom. The molecule has 1 aliphatic rings. The van der Waals surface area contributed by atoms with Gasteiger partial charge in [-0.1, -0.05) is 12.1 Å². The summed E-state index contributed by atoms with van der Waals surface area (Å²) >= 11 is 0. The van der Waals surface area contributed by atoms with Gasteiger partial charge in [0.05, 0.1) is 5.56 Å². The lowest BCUT2D eigenvalue weighted by Crippen LogP contribution is -2.41. The number of alkyl halides is 3. The number of carbonyl (C=O) groups is 2. The van der Waals surface area contributed by atoms with Gasteiger partial charge in [0.1, 0.15) is 18.0 Å². The Kier molecular flexibility index (Phi) is 5.62. The monoisotopic (exact) mass is 423 g/mol. The molecule has 1 amide bonds. The van der Waals surface area contributed by atoms with E-state index >= 15 is 0 Å². The minimum Gasteiger partial charge on any atom is -0.459 e. The van der Waals surface area contributed by atoms with Crippen molar-refractivity contribution in [3.63, 3.8) is 0 Å². The van der Waals surface area contributed by atoms with Crippen molar-refractivity contribution in [1.82, 2.24) is 0 Å². The molecule has 0 fully saturated rings. The summed E-state index contributed by atoms with van der Waals surface area (Å²) in [6, 6.07) is 7.66. The van der Waals surface area contributed by atoms with Crippen LogP contribution >= 0.6 is 0 Å². The maximum Gasteiger partial charge on any atom is 0.419 e. The van der Waals surface area contributed by atoms with Gasteiger partial charge in [-0.3, -0.25) is 9.59 Å². The lowest BCUT2D eigenvalue weighted by atomic mass is 9.95. The number of halogens is 4. The zero-order valence-electron chi connectivity index (χ0n) is 16.8. The van der Waals surface area contributed by atoms with Crippen molar-refractivity contribution in [2.45, 2.75) is 45.4 Å². The van der Waals surface area contributed by atoms with Gasteiger partial charge >= 0.3 is 12.1 Å². The Balaban J connectivity index is 1.89. The minimum absolute atomic E-state index is 0.181. The summed E-state index contributed by atoms with van der Waals surface area (Å²) in [7, 11) is 0. The van der Waals surface area contributed by atoms with Crippen molar-refractivity contribution in [3.8, 4) is 11.1 Å². The van der Waals surface area contributed by atoms with Crippen molar-refractivity contribution in [2.24, 2.45) is 0 Å². The third-order valence-electron chi connectivity index (χ3n) is 4.59. The summed E-state index contributed by atoms with van der Waals surface area (Å²) in [4.78, 5) is 25.9. The molecule has 1 aliphatic heterocycles. The highest BCUT2D eigenvalue weighted by Gasteiger charge is 2.34. The molecule has 0 aliphatic carbocycles. The third kappa shape index (κ3) is 4.80. The average Bonchev–Trinajstić information content (AvgIpc) is 2.61. The van der Waals surface area contributed by atoms with Crippen LogP contribution in [-0.2, 0) is 26.9 Å². The van der Waals surface area contributed by atoms with E-state index in [-0.39, 0.29) is 18.9 Å². The summed E-state index contributed by atoms with van der Waals surface area (Å²) in [5, 5.41) is 0. The van der Waals surface area contributed by atoms with E-state index in [0.29, 0.717) is 29.3 Å². The topological polar surface area (TPSA) is 46.6 Å². The van der Waals surface area contributed by atoms with Crippen molar-refractivity contribution >= 4 is 17.6 Å². The molecule has 0 bridgehead atoms. The van der Waals surface area contributed by atoms with E-state index in [2.05, 4.69) is 0 Å². The van der Waals surface area contributed by atoms with Gasteiger partial charge in [0, 0.05) is 12.1 Å². The number of aryl methyl sites for hydroxylation is 1. The molecule has 8 heteroatoms. The Morgan fingerprint density at radius 2 is 1.67 bits per heavy atom. The molecule has 2 aromatic carbocycles. The SMILES string of the molecule is CC(C)(C)OC(=O)CN1C(=O)CCc2cc(-c3ccc(C(F)(F)F)c(F)c3)ccc21. The second-order valence-corrected chi connectivity index (χ2v) is 8.10. The molecule has 4 nitrogen and oxygen atoms in total. The largest absolute Gasteiger partial charge is 0.459 e. The van der Waals surface area contributed by atoms with Crippen molar-refractivity contribution < 1.29 is 31.9 Å². The van der Waals surface area contributed by atoms with Crippen LogP contribution in [0.1, 0.15) is 38.3 Å². The van der Waals surface area contributed by atoms with Gasteiger partial charge in [0.15, 0.2) is 0 Å². The molecule has 2 aromatic rings. The first-order chi connectivity index (χ1) is 13.8. The van der Waals surface area contributed by atoms with E-state index in [4.69, 9.17) is 4.74 Å². The number of amides is 1. The molecule has 0 saturated heterocycles. The van der Waals surface area contributed by atoms with Gasteiger partial charge in [-0.25, -0.2) is 4.39 Å². The first-order valence-electron chi connectivity index (χ1n) is 9.37. The summed E-state index contributed by atoms with van der Waals surface area (Å²) in [6.45, 7) is 4.95. The zero-order chi connectivity index (χ0) is 22.3. The van der Waals surface area contributed by atoms with E-state index < -0.39 is 29.1 Å². The second-order valence-electron chi connectivity index (χ2n) is 8.10. The standard InChI is InChI=1S/C22H21F4NO3/c1-21(2,3)30-20(29)12-27-18-8-5-13(10-15(18)6-9-19(27)28)14-4-7-16(17(23)11-14)22(24,25)26/h4-5,7-8,10-11H,6,9,12H2,1-3H3. The minimum atomic E-state index is -4.76. The number of nitrogens with zero attached hydrogens (tertiary/aromatic N) is 1. The third-order valence-corrected chi connectivity index (χ3v) is 4.59. The molecule has 0 aromatic heterocycles. The fraction of sp³-hybridized carbons (Fsp3) is 0.364. The number of benzene rings is 2. The van der Waals surface area contributed by atoms with Crippen LogP contribution in [0.4, 0.5) is 23.2 Å². The molecular formula is C22H21F4NO3. The Hall–Kier alpha value is -2.90. The molecule has 0 N–H and O–H groups in total. The fourth-order valence-corrected chi connectivity index (χ4v) is 3.34. The number of rotatable bonds is 3. The molecule has 160 valence electrons. The molecule has 30 heavy (non-hydrogen) atoms. The smallest absolute Gasteiger partial charge is 0.419 e. The van der Waals surface area contributed by atoms with Crippen molar-refractivity contribution in [2.75, 3.05) is 11.4 Å². The first kappa shape index (κ1) is 21.8. The van der Waals surface area contributed by atoms with Crippen LogP contribution in [0.15, 0.2) is 36.4 Å². The number of hydrogen-bond donors (Lipinski definition) is 0. The number of anilines is 1.